The molecule has 1 aliphatic rings. The van der Waals surface area contributed by atoms with Gasteiger partial charge in [0.05, 0.1) is 6.10 Å². The van der Waals surface area contributed by atoms with Gasteiger partial charge in [-0.05, 0) is 25.2 Å². The van der Waals surface area contributed by atoms with Gasteiger partial charge in [-0.1, -0.05) is 6.92 Å². The van der Waals surface area contributed by atoms with E-state index in [4.69, 9.17) is 9.84 Å². The molecule has 0 aromatic heterocycles. The monoisotopic (exact) mass is 172 g/mol. The van der Waals surface area contributed by atoms with Gasteiger partial charge in [0.1, 0.15) is 0 Å². The van der Waals surface area contributed by atoms with Crippen molar-refractivity contribution in [2.75, 3.05) is 6.61 Å². The lowest BCUT2D eigenvalue weighted by atomic mass is 9.85. The average molecular weight is 172 g/mol. The predicted molar refractivity (Wildman–Crippen MR) is 44.9 cm³/mol. The van der Waals surface area contributed by atoms with E-state index in [-0.39, 0.29) is 12.5 Å². The first-order chi connectivity index (χ1) is 5.59. The first-order valence-electron chi connectivity index (χ1n) is 4.43. The Hall–Kier alpha value is -0.570. The van der Waals surface area contributed by atoms with E-state index >= 15 is 0 Å². The van der Waals surface area contributed by atoms with Crippen molar-refractivity contribution < 1.29 is 14.6 Å². The second-order valence-corrected chi connectivity index (χ2v) is 3.71. The molecule has 0 aliphatic carbocycles. The summed E-state index contributed by atoms with van der Waals surface area (Å²) in [6, 6.07) is 0. The van der Waals surface area contributed by atoms with Crippen molar-refractivity contribution in [3.63, 3.8) is 0 Å². The molecule has 1 fully saturated rings. The number of rotatable bonds is 2. The fraction of sp³-hybridized carbons (Fsp3) is 0.889. The molecule has 0 bridgehead atoms. The zero-order chi connectivity index (χ0) is 9.14. The number of carbonyl (C=O) groups is 1. The standard InChI is InChI=1S/C9H16O3/c1-6-5-12-7(2)3-8(6)4-9(10)11/h6-8H,3-5H2,1-2H3,(H,10,11)/t6-,7+,8?/m0/s1. The van der Waals surface area contributed by atoms with Crippen molar-refractivity contribution in [1.82, 2.24) is 0 Å². The van der Waals surface area contributed by atoms with E-state index in [1.165, 1.54) is 0 Å². The summed E-state index contributed by atoms with van der Waals surface area (Å²) < 4.78 is 5.41. The molecule has 70 valence electrons. The van der Waals surface area contributed by atoms with Crippen LogP contribution in [0.3, 0.4) is 0 Å². The van der Waals surface area contributed by atoms with E-state index in [1.54, 1.807) is 0 Å². The van der Waals surface area contributed by atoms with Crippen molar-refractivity contribution in [3.8, 4) is 0 Å². The van der Waals surface area contributed by atoms with Crippen LogP contribution in [0.4, 0.5) is 0 Å². The van der Waals surface area contributed by atoms with Crippen molar-refractivity contribution in [1.29, 1.82) is 0 Å². The first-order valence-corrected chi connectivity index (χ1v) is 4.43. The van der Waals surface area contributed by atoms with E-state index < -0.39 is 5.97 Å². The van der Waals surface area contributed by atoms with Crippen LogP contribution in [0.15, 0.2) is 0 Å². The summed E-state index contributed by atoms with van der Waals surface area (Å²) in [6.07, 6.45) is 1.40. The van der Waals surface area contributed by atoms with Crippen molar-refractivity contribution in [3.05, 3.63) is 0 Å². The Balaban J connectivity index is 2.43. The molecular formula is C9H16O3. The molecule has 0 saturated carbocycles. The third-order valence-corrected chi connectivity index (χ3v) is 2.52. The maximum absolute atomic E-state index is 10.5. The molecule has 1 N–H and O–H groups in total. The van der Waals surface area contributed by atoms with Crippen molar-refractivity contribution >= 4 is 5.97 Å². The van der Waals surface area contributed by atoms with E-state index in [0.717, 1.165) is 6.42 Å². The smallest absolute Gasteiger partial charge is 0.303 e. The maximum Gasteiger partial charge on any atom is 0.303 e. The fourth-order valence-corrected chi connectivity index (χ4v) is 1.69. The molecule has 3 nitrogen and oxygen atoms in total. The molecule has 3 atom stereocenters. The Morgan fingerprint density at radius 3 is 2.83 bits per heavy atom. The highest BCUT2D eigenvalue weighted by Gasteiger charge is 2.27. The largest absolute Gasteiger partial charge is 0.481 e. The van der Waals surface area contributed by atoms with Gasteiger partial charge >= 0.3 is 5.97 Å². The van der Waals surface area contributed by atoms with Crippen molar-refractivity contribution in [2.24, 2.45) is 11.8 Å². The Morgan fingerprint density at radius 2 is 2.25 bits per heavy atom. The van der Waals surface area contributed by atoms with E-state index in [1.807, 2.05) is 6.92 Å². The molecular weight excluding hydrogens is 156 g/mol. The summed E-state index contributed by atoms with van der Waals surface area (Å²) in [5.41, 5.74) is 0. The SMILES string of the molecule is C[C@@H]1CC(CC(=O)O)[C@@H](C)CO1. The molecule has 0 amide bonds. The summed E-state index contributed by atoms with van der Waals surface area (Å²) in [7, 11) is 0. The Kier molecular flexibility index (Phi) is 3.09. The highest BCUT2D eigenvalue weighted by Crippen LogP contribution is 2.27. The van der Waals surface area contributed by atoms with E-state index in [2.05, 4.69) is 6.92 Å². The van der Waals surface area contributed by atoms with Gasteiger partial charge in [0.15, 0.2) is 0 Å². The second-order valence-electron chi connectivity index (χ2n) is 3.71. The van der Waals surface area contributed by atoms with E-state index in [9.17, 15) is 4.79 Å². The molecule has 1 saturated heterocycles. The van der Waals surface area contributed by atoms with Crippen LogP contribution >= 0.6 is 0 Å². The van der Waals surface area contributed by atoms with Crippen LogP contribution in [0.5, 0.6) is 0 Å². The average Bonchev–Trinajstić information content (AvgIpc) is 1.96. The Bertz CT molecular complexity index is 167. The molecule has 0 radical (unpaired) electrons. The van der Waals surface area contributed by atoms with Crippen LogP contribution in [-0.4, -0.2) is 23.8 Å². The van der Waals surface area contributed by atoms with Gasteiger partial charge in [-0.2, -0.15) is 0 Å². The lowest BCUT2D eigenvalue weighted by Crippen LogP contribution is -2.31. The number of hydrogen-bond acceptors (Lipinski definition) is 2. The van der Waals surface area contributed by atoms with Crippen LogP contribution < -0.4 is 0 Å². The van der Waals surface area contributed by atoms with Gasteiger partial charge in [0.25, 0.3) is 0 Å². The molecule has 1 aliphatic heterocycles. The lowest BCUT2D eigenvalue weighted by molar-refractivity contribution is -0.140. The van der Waals surface area contributed by atoms with Gasteiger partial charge in [0.2, 0.25) is 0 Å². The van der Waals surface area contributed by atoms with Crippen LogP contribution in [0.1, 0.15) is 26.7 Å². The number of hydrogen-bond donors (Lipinski definition) is 1. The molecule has 3 heteroatoms. The molecule has 12 heavy (non-hydrogen) atoms. The lowest BCUT2D eigenvalue weighted by Gasteiger charge is -2.31. The summed E-state index contributed by atoms with van der Waals surface area (Å²) in [4.78, 5) is 10.5. The summed E-state index contributed by atoms with van der Waals surface area (Å²) >= 11 is 0. The number of carboxylic acids is 1. The Morgan fingerprint density at radius 1 is 1.58 bits per heavy atom. The van der Waals surface area contributed by atoms with Gasteiger partial charge in [0, 0.05) is 13.0 Å². The van der Waals surface area contributed by atoms with Gasteiger partial charge in [-0.25, -0.2) is 0 Å². The predicted octanol–water partition coefficient (Wildman–Crippen LogP) is 1.52. The minimum atomic E-state index is -0.694. The van der Waals surface area contributed by atoms with Gasteiger partial charge < -0.3 is 9.84 Å². The number of ether oxygens (including phenoxy) is 1. The van der Waals surface area contributed by atoms with Crippen LogP contribution in [0.2, 0.25) is 0 Å². The fourth-order valence-electron chi connectivity index (χ4n) is 1.69. The summed E-state index contributed by atoms with van der Waals surface area (Å²) in [6.45, 7) is 4.76. The number of aliphatic carboxylic acids is 1. The maximum atomic E-state index is 10.5. The molecule has 0 aromatic carbocycles. The second kappa shape index (κ2) is 3.90. The number of carboxylic acid groups (broad SMARTS) is 1. The molecule has 1 rings (SSSR count). The topological polar surface area (TPSA) is 46.5 Å². The minimum absolute atomic E-state index is 0.227. The van der Waals surface area contributed by atoms with Crippen molar-refractivity contribution in [2.45, 2.75) is 32.8 Å². The third-order valence-electron chi connectivity index (χ3n) is 2.52. The highest BCUT2D eigenvalue weighted by molar-refractivity contribution is 5.67. The minimum Gasteiger partial charge on any atom is -0.481 e. The summed E-state index contributed by atoms with van der Waals surface area (Å²) in [5.74, 6) is -0.00972. The molecule has 1 heterocycles. The van der Waals surface area contributed by atoms with Gasteiger partial charge in [-0.3, -0.25) is 4.79 Å². The van der Waals surface area contributed by atoms with E-state index in [0.29, 0.717) is 18.4 Å². The quantitative estimate of drug-likeness (QED) is 0.687. The molecule has 0 aromatic rings. The normalized spacial score (nSPS) is 36.3. The van der Waals surface area contributed by atoms with Crippen LogP contribution in [0.25, 0.3) is 0 Å². The van der Waals surface area contributed by atoms with Crippen LogP contribution in [-0.2, 0) is 9.53 Å². The summed E-state index contributed by atoms with van der Waals surface area (Å²) in [5, 5.41) is 8.63. The highest BCUT2D eigenvalue weighted by atomic mass is 16.5. The first kappa shape index (κ1) is 9.52. The zero-order valence-corrected chi connectivity index (χ0v) is 7.62. The molecule has 1 unspecified atom stereocenters. The Labute approximate surface area is 72.7 Å². The van der Waals surface area contributed by atoms with Gasteiger partial charge in [-0.15, -0.1) is 0 Å². The molecule has 0 spiro atoms. The third kappa shape index (κ3) is 2.48. The zero-order valence-electron chi connectivity index (χ0n) is 7.62. The van der Waals surface area contributed by atoms with Crippen LogP contribution in [0, 0.1) is 11.8 Å².